The van der Waals surface area contributed by atoms with Crippen LogP contribution >= 0.6 is 11.6 Å². The van der Waals surface area contributed by atoms with Gasteiger partial charge in [-0.15, -0.1) is 5.10 Å². The molecule has 156 valence electrons. The number of para-hydroxylation sites is 2. The predicted molar refractivity (Wildman–Crippen MR) is 122 cm³/mol. The Morgan fingerprint density at radius 2 is 1.84 bits per heavy atom. The Hall–Kier alpha value is -3.64. The molecule has 4 aromatic rings. The summed E-state index contributed by atoms with van der Waals surface area (Å²) in [5.74, 6) is 0.691. The predicted octanol–water partition coefficient (Wildman–Crippen LogP) is 5.47. The van der Waals surface area contributed by atoms with E-state index in [9.17, 15) is 4.79 Å². The Morgan fingerprint density at radius 3 is 2.58 bits per heavy atom. The molecule has 0 spiro atoms. The van der Waals surface area contributed by atoms with Crippen molar-refractivity contribution in [3.8, 4) is 22.8 Å². The van der Waals surface area contributed by atoms with Crippen molar-refractivity contribution in [2.45, 2.75) is 13.8 Å². The molecule has 31 heavy (non-hydrogen) atoms. The number of nitrogens with zero attached hydrogens (tertiary/aromatic N) is 3. The lowest BCUT2D eigenvalue weighted by molar-refractivity contribution is 0.101. The summed E-state index contributed by atoms with van der Waals surface area (Å²) >= 11 is 6.20. The number of benzene rings is 3. The van der Waals surface area contributed by atoms with Crippen LogP contribution in [-0.4, -0.2) is 27.8 Å². The second-order valence-electron chi connectivity index (χ2n) is 7.13. The highest BCUT2D eigenvalue weighted by atomic mass is 35.5. The van der Waals surface area contributed by atoms with Crippen LogP contribution in [0.4, 0.5) is 5.69 Å². The first-order valence-corrected chi connectivity index (χ1v) is 10.1. The number of aryl methyl sites for hydroxylation is 2. The zero-order valence-electron chi connectivity index (χ0n) is 17.4. The molecule has 4 rings (SSSR count). The molecular weight excluding hydrogens is 412 g/mol. The van der Waals surface area contributed by atoms with Gasteiger partial charge in [0.2, 0.25) is 5.82 Å². The molecular formula is C24H21ClN4O2. The summed E-state index contributed by atoms with van der Waals surface area (Å²) in [5.41, 5.74) is 4.30. The normalized spacial score (nSPS) is 10.7. The van der Waals surface area contributed by atoms with Crippen LogP contribution in [0, 0.1) is 13.8 Å². The first kappa shape index (κ1) is 20.6. The summed E-state index contributed by atoms with van der Waals surface area (Å²) in [6.45, 7) is 4.03. The van der Waals surface area contributed by atoms with Crippen molar-refractivity contribution in [3.63, 3.8) is 0 Å². The van der Waals surface area contributed by atoms with E-state index in [1.54, 1.807) is 36.1 Å². The molecule has 1 N–H and O–H groups in total. The van der Waals surface area contributed by atoms with Gasteiger partial charge in [0.1, 0.15) is 5.75 Å². The lowest BCUT2D eigenvalue weighted by atomic mass is 10.1. The van der Waals surface area contributed by atoms with Gasteiger partial charge in [0.25, 0.3) is 5.91 Å². The Kier molecular flexibility index (Phi) is 5.73. The number of carbonyl (C=O) groups is 1. The maximum Gasteiger partial charge on any atom is 0.295 e. The molecule has 0 aliphatic heterocycles. The molecule has 1 heterocycles. The van der Waals surface area contributed by atoms with E-state index < -0.39 is 5.91 Å². The van der Waals surface area contributed by atoms with Gasteiger partial charge in [0.15, 0.2) is 5.82 Å². The number of ether oxygens (including phenoxy) is 1. The van der Waals surface area contributed by atoms with Crippen LogP contribution in [0.2, 0.25) is 5.02 Å². The van der Waals surface area contributed by atoms with Crippen molar-refractivity contribution in [1.29, 1.82) is 0 Å². The highest BCUT2D eigenvalue weighted by molar-refractivity contribution is 6.30. The molecule has 1 amide bonds. The molecule has 0 unspecified atom stereocenters. The molecule has 0 aliphatic carbocycles. The minimum Gasteiger partial charge on any atom is -0.495 e. The molecule has 0 bridgehead atoms. The van der Waals surface area contributed by atoms with Crippen LogP contribution in [-0.2, 0) is 0 Å². The maximum absolute atomic E-state index is 13.0. The third kappa shape index (κ3) is 4.29. The Bertz CT molecular complexity index is 1270. The van der Waals surface area contributed by atoms with Gasteiger partial charge in [-0.3, -0.25) is 4.79 Å². The Morgan fingerprint density at radius 1 is 1.03 bits per heavy atom. The van der Waals surface area contributed by atoms with Crippen LogP contribution in [0.25, 0.3) is 17.1 Å². The molecule has 0 aliphatic rings. The van der Waals surface area contributed by atoms with Gasteiger partial charge in [-0.05, 0) is 49.7 Å². The summed E-state index contributed by atoms with van der Waals surface area (Å²) in [7, 11) is 1.55. The van der Waals surface area contributed by atoms with Crippen LogP contribution in [0.5, 0.6) is 5.75 Å². The van der Waals surface area contributed by atoms with Crippen LogP contribution in [0.3, 0.4) is 0 Å². The number of nitrogens with one attached hydrogen (secondary N) is 1. The zero-order valence-corrected chi connectivity index (χ0v) is 18.1. The van der Waals surface area contributed by atoms with Crippen LogP contribution in [0.1, 0.15) is 21.7 Å². The Labute approximate surface area is 185 Å². The number of halogens is 1. The number of hydrogen-bond acceptors (Lipinski definition) is 4. The standard InChI is InChI=1S/C24H21ClN4O2/c1-15-11-12-20(16(2)13-15)29-23(17-7-6-8-18(25)14-17)27-22(28-29)24(30)26-19-9-4-5-10-21(19)31-3/h4-14H,1-3H3,(H,26,30). The second kappa shape index (κ2) is 8.62. The molecule has 0 fully saturated rings. The summed E-state index contributed by atoms with van der Waals surface area (Å²) < 4.78 is 6.99. The number of hydrogen-bond donors (Lipinski definition) is 1. The van der Waals surface area contributed by atoms with Gasteiger partial charge >= 0.3 is 0 Å². The lowest BCUT2D eigenvalue weighted by Gasteiger charge is -2.10. The summed E-state index contributed by atoms with van der Waals surface area (Å²) in [6, 6.07) is 20.5. The molecule has 3 aromatic carbocycles. The molecule has 7 heteroatoms. The highest BCUT2D eigenvalue weighted by Crippen LogP contribution is 2.27. The average molecular weight is 433 g/mol. The summed E-state index contributed by atoms with van der Waals surface area (Å²) in [4.78, 5) is 17.5. The average Bonchev–Trinajstić information content (AvgIpc) is 3.19. The third-order valence-corrected chi connectivity index (χ3v) is 5.06. The van der Waals surface area contributed by atoms with Crippen molar-refractivity contribution < 1.29 is 9.53 Å². The van der Waals surface area contributed by atoms with Crippen molar-refractivity contribution in [3.05, 3.63) is 88.7 Å². The van der Waals surface area contributed by atoms with E-state index in [4.69, 9.17) is 16.3 Å². The largest absolute Gasteiger partial charge is 0.495 e. The van der Waals surface area contributed by atoms with Crippen molar-refractivity contribution in [2.24, 2.45) is 0 Å². The number of rotatable bonds is 5. The van der Waals surface area contributed by atoms with Gasteiger partial charge in [0, 0.05) is 10.6 Å². The third-order valence-electron chi connectivity index (χ3n) is 4.83. The fourth-order valence-corrected chi connectivity index (χ4v) is 3.55. The molecule has 0 saturated heterocycles. The van der Waals surface area contributed by atoms with E-state index in [1.807, 2.05) is 50.2 Å². The Balaban J connectivity index is 1.80. The molecule has 0 atom stereocenters. The van der Waals surface area contributed by atoms with E-state index in [0.717, 1.165) is 22.4 Å². The van der Waals surface area contributed by atoms with Crippen molar-refractivity contribution >= 4 is 23.2 Å². The van der Waals surface area contributed by atoms with E-state index in [-0.39, 0.29) is 5.82 Å². The molecule has 0 radical (unpaired) electrons. The topological polar surface area (TPSA) is 69.0 Å². The summed E-state index contributed by atoms with van der Waals surface area (Å²) in [5, 5.41) is 7.94. The van der Waals surface area contributed by atoms with E-state index in [0.29, 0.717) is 22.3 Å². The number of amides is 1. The quantitative estimate of drug-likeness (QED) is 0.454. The van der Waals surface area contributed by atoms with E-state index in [1.165, 1.54) is 0 Å². The maximum atomic E-state index is 13.0. The number of methoxy groups -OCH3 is 1. The smallest absolute Gasteiger partial charge is 0.295 e. The van der Waals surface area contributed by atoms with Gasteiger partial charge in [-0.2, -0.15) is 0 Å². The molecule has 6 nitrogen and oxygen atoms in total. The SMILES string of the molecule is COc1ccccc1NC(=O)c1nc(-c2cccc(Cl)c2)n(-c2ccc(C)cc2C)n1. The number of aromatic nitrogens is 3. The summed E-state index contributed by atoms with van der Waals surface area (Å²) in [6.07, 6.45) is 0. The minimum atomic E-state index is -0.434. The fourth-order valence-electron chi connectivity index (χ4n) is 3.36. The minimum absolute atomic E-state index is 0.0425. The monoisotopic (exact) mass is 432 g/mol. The van der Waals surface area contributed by atoms with Crippen molar-refractivity contribution in [1.82, 2.24) is 14.8 Å². The fraction of sp³-hybridized carbons (Fsp3) is 0.125. The van der Waals surface area contributed by atoms with Crippen molar-refractivity contribution in [2.75, 3.05) is 12.4 Å². The number of anilines is 1. The first-order valence-electron chi connectivity index (χ1n) is 9.71. The zero-order chi connectivity index (χ0) is 22.0. The van der Waals surface area contributed by atoms with Crippen LogP contribution < -0.4 is 10.1 Å². The highest BCUT2D eigenvalue weighted by Gasteiger charge is 2.21. The van der Waals surface area contributed by atoms with Gasteiger partial charge in [-0.25, -0.2) is 9.67 Å². The van der Waals surface area contributed by atoms with E-state index in [2.05, 4.69) is 21.5 Å². The lowest BCUT2D eigenvalue weighted by Crippen LogP contribution is -2.15. The van der Waals surface area contributed by atoms with Crippen LogP contribution in [0.15, 0.2) is 66.7 Å². The second-order valence-corrected chi connectivity index (χ2v) is 7.56. The first-order chi connectivity index (χ1) is 15.0. The van der Waals surface area contributed by atoms with Gasteiger partial charge < -0.3 is 10.1 Å². The number of carbonyl (C=O) groups excluding carboxylic acids is 1. The molecule has 0 saturated carbocycles. The molecule has 1 aromatic heterocycles. The van der Waals surface area contributed by atoms with Gasteiger partial charge in [-0.1, -0.05) is 53.6 Å². The van der Waals surface area contributed by atoms with E-state index >= 15 is 0 Å². The van der Waals surface area contributed by atoms with Gasteiger partial charge in [0.05, 0.1) is 18.5 Å².